The third-order valence-corrected chi connectivity index (χ3v) is 5.22. The zero-order valence-corrected chi connectivity index (χ0v) is 18.3. The molecule has 2 aromatic rings. The summed E-state index contributed by atoms with van der Waals surface area (Å²) < 4.78 is 10.6. The fraction of sp³-hybridized carbons (Fsp3) is 0.200. The van der Waals surface area contributed by atoms with E-state index < -0.39 is 11.3 Å². The Balaban J connectivity index is 1.81. The number of azo groups is 1. The monoisotopic (exact) mass is 484 g/mol. The van der Waals surface area contributed by atoms with Gasteiger partial charge < -0.3 is 9.47 Å². The van der Waals surface area contributed by atoms with Crippen LogP contribution < -0.4 is 14.9 Å². The number of thiocarbonyl (C=S) groups is 1. The number of carbonyl (C=O) groups excluding carboxylic acids is 1. The van der Waals surface area contributed by atoms with Gasteiger partial charge >= 0.3 is 0 Å². The maximum Gasteiger partial charge on any atom is 0.284 e. The lowest BCUT2D eigenvalue weighted by atomic mass is 10.2. The normalized spacial score (nSPS) is 16.1. The van der Waals surface area contributed by atoms with Gasteiger partial charge in [-0.2, -0.15) is 30.4 Å². The van der Waals surface area contributed by atoms with E-state index in [-0.39, 0.29) is 32.1 Å². The van der Waals surface area contributed by atoms with Crippen LogP contribution in [-0.4, -0.2) is 49.8 Å². The first-order valence-corrected chi connectivity index (χ1v) is 9.86. The molecule has 1 aromatic carbocycles. The number of methoxy groups -OCH3 is 2. The SMILES string of the molecule is COc1cc(N=NC2SC(=S)N(Nc3nc(Cl)nc(Cl)n3)C2=O)c(OC)cc1C#N. The number of nitrogens with zero attached hydrogens (tertiary/aromatic N) is 7. The average Bonchev–Trinajstić information content (AvgIpc) is 2.98. The molecule has 1 atom stereocenters. The van der Waals surface area contributed by atoms with Gasteiger partial charge in [-0.05, 0) is 23.2 Å². The van der Waals surface area contributed by atoms with Gasteiger partial charge in [0.2, 0.25) is 21.9 Å². The van der Waals surface area contributed by atoms with Crippen molar-refractivity contribution in [2.45, 2.75) is 5.37 Å². The summed E-state index contributed by atoms with van der Waals surface area (Å²) in [4.78, 5) is 23.9. The van der Waals surface area contributed by atoms with Crippen molar-refractivity contribution in [1.82, 2.24) is 20.0 Å². The van der Waals surface area contributed by atoms with Crippen LogP contribution in [0.2, 0.25) is 10.6 Å². The minimum Gasteiger partial charge on any atom is -0.495 e. The third kappa shape index (κ3) is 4.68. The summed E-state index contributed by atoms with van der Waals surface area (Å²) in [7, 11) is 2.84. The molecule has 1 unspecified atom stereocenters. The van der Waals surface area contributed by atoms with E-state index in [0.29, 0.717) is 11.5 Å². The number of benzene rings is 1. The van der Waals surface area contributed by atoms with Crippen LogP contribution in [0.25, 0.3) is 0 Å². The summed E-state index contributed by atoms with van der Waals surface area (Å²) in [5, 5.41) is 17.0. The quantitative estimate of drug-likeness (QED) is 0.479. The Morgan fingerprint density at radius 2 is 1.90 bits per heavy atom. The molecule has 154 valence electrons. The molecule has 0 radical (unpaired) electrons. The standard InChI is InChI=1S/C15H10Cl2N8O3S2/c1-27-8-4-7(9(28-2)3-6(8)5-18)22-23-10-11(26)25(15(29)30-10)24-14-20-12(16)19-13(17)21-14/h3-4,10H,1-2H3,(H,19,20,21,24). The molecule has 11 nitrogen and oxygen atoms in total. The second-order valence-electron chi connectivity index (χ2n) is 5.27. The van der Waals surface area contributed by atoms with Crippen LogP contribution in [0.3, 0.4) is 0 Å². The number of anilines is 1. The minimum atomic E-state index is -0.968. The number of hydrazine groups is 1. The maximum absolute atomic E-state index is 12.7. The minimum absolute atomic E-state index is 0.0626. The van der Waals surface area contributed by atoms with Crippen molar-refractivity contribution in [2.75, 3.05) is 19.6 Å². The highest BCUT2D eigenvalue weighted by atomic mass is 35.5. The van der Waals surface area contributed by atoms with Crippen LogP contribution in [-0.2, 0) is 4.79 Å². The molecule has 1 aliphatic heterocycles. The number of carbonyl (C=O) groups is 1. The smallest absolute Gasteiger partial charge is 0.284 e. The topological polar surface area (TPSA) is 138 Å². The molecule has 0 aliphatic carbocycles. The van der Waals surface area contributed by atoms with Gasteiger partial charge in [0.25, 0.3) is 5.91 Å². The van der Waals surface area contributed by atoms with Crippen molar-refractivity contribution in [3.63, 3.8) is 0 Å². The van der Waals surface area contributed by atoms with Crippen molar-refractivity contribution in [1.29, 1.82) is 5.26 Å². The van der Waals surface area contributed by atoms with Crippen LogP contribution in [0, 0.1) is 11.3 Å². The first-order chi connectivity index (χ1) is 14.4. The first-order valence-electron chi connectivity index (χ1n) is 7.81. The van der Waals surface area contributed by atoms with Gasteiger partial charge in [-0.25, -0.2) is 5.01 Å². The number of nitriles is 1. The predicted molar refractivity (Wildman–Crippen MR) is 113 cm³/mol. The van der Waals surface area contributed by atoms with E-state index in [0.717, 1.165) is 16.8 Å². The fourth-order valence-corrected chi connectivity index (χ4v) is 3.72. The van der Waals surface area contributed by atoms with Gasteiger partial charge in [-0.15, -0.1) is 0 Å². The van der Waals surface area contributed by atoms with Crippen molar-refractivity contribution < 1.29 is 14.3 Å². The maximum atomic E-state index is 12.7. The van der Waals surface area contributed by atoms with E-state index in [1.165, 1.54) is 26.4 Å². The fourth-order valence-electron chi connectivity index (χ4n) is 2.21. The molecule has 15 heteroatoms. The van der Waals surface area contributed by atoms with E-state index in [9.17, 15) is 4.79 Å². The molecule has 30 heavy (non-hydrogen) atoms. The Hall–Kier alpha value is -2.79. The van der Waals surface area contributed by atoms with Gasteiger partial charge in [0, 0.05) is 12.1 Å². The van der Waals surface area contributed by atoms with E-state index in [1.807, 2.05) is 6.07 Å². The first kappa shape index (κ1) is 21.9. The number of halogens is 2. The lowest BCUT2D eigenvalue weighted by Crippen LogP contribution is -2.36. The van der Waals surface area contributed by atoms with E-state index >= 15 is 0 Å². The van der Waals surface area contributed by atoms with Crippen LogP contribution in [0.5, 0.6) is 11.5 Å². The van der Waals surface area contributed by atoms with E-state index in [4.69, 9.17) is 50.2 Å². The van der Waals surface area contributed by atoms with Gasteiger partial charge in [0.15, 0.2) is 4.32 Å². The summed E-state index contributed by atoms with van der Waals surface area (Å²) in [5.41, 5.74) is 3.16. The summed E-state index contributed by atoms with van der Waals surface area (Å²) in [6.45, 7) is 0. The number of hydrogen-bond acceptors (Lipinski definition) is 12. The van der Waals surface area contributed by atoms with Gasteiger partial charge in [-0.1, -0.05) is 24.0 Å². The molecular formula is C15H10Cl2N8O3S2. The highest BCUT2D eigenvalue weighted by Crippen LogP contribution is 2.36. The van der Waals surface area contributed by atoms with Crippen molar-refractivity contribution >= 4 is 69.0 Å². The Labute approximate surface area is 189 Å². The molecule has 0 spiro atoms. The molecule has 1 amide bonds. The summed E-state index contributed by atoms with van der Waals surface area (Å²) in [5.74, 6) is 0.00648. The zero-order chi connectivity index (χ0) is 21.8. The van der Waals surface area contributed by atoms with Crippen LogP contribution in [0.1, 0.15) is 5.56 Å². The molecule has 1 aromatic heterocycles. The predicted octanol–water partition coefficient (Wildman–Crippen LogP) is 3.36. The highest BCUT2D eigenvalue weighted by molar-refractivity contribution is 8.24. The number of aromatic nitrogens is 3. The summed E-state index contributed by atoms with van der Waals surface area (Å²) >= 11 is 17.6. The largest absolute Gasteiger partial charge is 0.495 e. The Kier molecular flexibility index (Phi) is 6.83. The third-order valence-electron chi connectivity index (χ3n) is 3.51. The van der Waals surface area contributed by atoms with Crippen molar-refractivity contribution in [3.05, 3.63) is 28.3 Å². The zero-order valence-electron chi connectivity index (χ0n) is 15.2. The lowest BCUT2D eigenvalue weighted by Gasteiger charge is -2.15. The second-order valence-corrected chi connectivity index (χ2v) is 7.66. The molecular weight excluding hydrogens is 475 g/mol. The summed E-state index contributed by atoms with van der Waals surface area (Å²) in [6, 6.07) is 4.93. The molecule has 1 aliphatic rings. The molecule has 2 heterocycles. The van der Waals surface area contributed by atoms with Crippen LogP contribution >= 0.6 is 47.2 Å². The lowest BCUT2D eigenvalue weighted by molar-refractivity contribution is -0.125. The molecule has 1 N–H and O–H groups in total. The molecule has 1 saturated heterocycles. The summed E-state index contributed by atoms with van der Waals surface area (Å²) in [6.07, 6.45) is 0. The Bertz CT molecular complexity index is 1070. The van der Waals surface area contributed by atoms with Crippen LogP contribution in [0.15, 0.2) is 22.4 Å². The molecule has 0 saturated carbocycles. The molecule has 1 fully saturated rings. The van der Waals surface area contributed by atoms with Crippen molar-refractivity contribution in [2.24, 2.45) is 10.2 Å². The van der Waals surface area contributed by atoms with E-state index in [2.05, 4.69) is 30.6 Å². The Morgan fingerprint density at radius 1 is 1.23 bits per heavy atom. The van der Waals surface area contributed by atoms with Crippen molar-refractivity contribution in [3.8, 4) is 17.6 Å². The van der Waals surface area contributed by atoms with E-state index in [1.54, 1.807) is 0 Å². The Morgan fingerprint density at radius 3 is 2.50 bits per heavy atom. The number of nitrogens with one attached hydrogen (secondary N) is 1. The highest BCUT2D eigenvalue weighted by Gasteiger charge is 2.38. The van der Waals surface area contributed by atoms with Gasteiger partial charge in [0.05, 0.1) is 19.8 Å². The van der Waals surface area contributed by atoms with Gasteiger partial charge in [0.1, 0.15) is 23.3 Å². The number of thioether (sulfide) groups is 1. The number of hydrogen-bond donors (Lipinski definition) is 1. The second kappa shape index (κ2) is 9.35. The number of amides is 1. The molecule has 3 rings (SSSR count). The van der Waals surface area contributed by atoms with Gasteiger partial charge in [-0.3, -0.25) is 10.2 Å². The average molecular weight is 485 g/mol. The number of rotatable bonds is 6. The number of ether oxygens (including phenoxy) is 2. The molecule has 0 bridgehead atoms. The van der Waals surface area contributed by atoms with Crippen LogP contribution in [0.4, 0.5) is 11.6 Å².